The lowest BCUT2D eigenvalue weighted by molar-refractivity contribution is 0.694. The van der Waals surface area contributed by atoms with E-state index in [9.17, 15) is 0 Å². The quantitative estimate of drug-likeness (QED) is 0.766. The molecule has 0 aliphatic heterocycles. The van der Waals surface area contributed by atoms with E-state index in [4.69, 9.17) is 18.0 Å². The van der Waals surface area contributed by atoms with Crippen LogP contribution in [0, 0.1) is 5.92 Å². The lowest BCUT2D eigenvalue weighted by atomic mass is 10.1. The Morgan fingerprint density at radius 2 is 2.13 bits per heavy atom. The number of para-hydroxylation sites is 1. The molecule has 1 saturated carbocycles. The van der Waals surface area contributed by atoms with Crippen molar-refractivity contribution in [1.29, 1.82) is 0 Å². The van der Waals surface area contributed by atoms with Crippen LogP contribution in [-0.4, -0.2) is 11.0 Å². The summed E-state index contributed by atoms with van der Waals surface area (Å²) in [5.74, 6) is 0.824. The molecule has 0 radical (unpaired) electrons. The topological polar surface area (TPSA) is 38.0 Å². The largest absolute Gasteiger partial charge is 0.389 e. The molecule has 0 saturated heterocycles. The molecule has 3 N–H and O–H groups in total. The number of nitrogens with one attached hydrogen (secondary N) is 1. The zero-order valence-corrected chi connectivity index (χ0v) is 9.68. The monoisotopic (exact) mass is 220 g/mol. The highest BCUT2D eigenvalue weighted by molar-refractivity contribution is 7.80. The zero-order chi connectivity index (χ0) is 10.8. The van der Waals surface area contributed by atoms with Crippen molar-refractivity contribution < 1.29 is 0 Å². The minimum Gasteiger partial charge on any atom is -0.389 e. The Hall–Kier alpha value is -1.09. The van der Waals surface area contributed by atoms with E-state index in [0.717, 1.165) is 17.2 Å². The molecule has 2 nitrogen and oxygen atoms in total. The SMILES string of the molecule is CC(Nc1ccccc1C(N)=S)C1CC1. The molecule has 3 heteroatoms. The number of hydrogen-bond donors (Lipinski definition) is 2. The number of rotatable bonds is 4. The van der Waals surface area contributed by atoms with Gasteiger partial charge in [-0.25, -0.2) is 0 Å². The van der Waals surface area contributed by atoms with Crippen molar-refractivity contribution in [3.05, 3.63) is 29.8 Å². The molecule has 0 amide bonds. The van der Waals surface area contributed by atoms with Gasteiger partial charge in [-0.3, -0.25) is 0 Å². The van der Waals surface area contributed by atoms with Crippen molar-refractivity contribution in [3.8, 4) is 0 Å². The first kappa shape index (κ1) is 10.4. The summed E-state index contributed by atoms with van der Waals surface area (Å²) in [5, 5.41) is 3.49. The summed E-state index contributed by atoms with van der Waals surface area (Å²) in [5.41, 5.74) is 7.68. The van der Waals surface area contributed by atoms with Crippen LogP contribution in [0.5, 0.6) is 0 Å². The lowest BCUT2D eigenvalue weighted by Gasteiger charge is -2.17. The zero-order valence-electron chi connectivity index (χ0n) is 8.86. The molecule has 0 heterocycles. The molecule has 0 spiro atoms. The molecule has 0 aromatic heterocycles. The summed E-state index contributed by atoms with van der Waals surface area (Å²) in [6.45, 7) is 2.22. The van der Waals surface area contributed by atoms with Crippen LogP contribution in [0.25, 0.3) is 0 Å². The molecule has 15 heavy (non-hydrogen) atoms. The third-order valence-electron chi connectivity index (χ3n) is 2.90. The van der Waals surface area contributed by atoms with Crippen LogP contribution in [0.3, 0.4) is 0 Å². The van der Waals surface area contributed by atoms with Crippen molar-refractivity contribution in [3.63, 3.8) is 0 Å². The summed E-state index contributed by atoms with van der Waals surface area (Å²) in [7, 11) is 0. The molecule has 1 aliphatic carbocycles. The molecule has 80 valence electrons. The molecule has 0 bridgehead atoms. The maximum atomic E-state index is 5.67. The first-order valence-electron chi connectivity index (χ1n) is 5.34. The number of nitrogens with two attached hydrogens (primary N) is 1. The smallest absolute Gasteiger partial charge is 0.106 e. The van der Waals surface area contributed by atoms with E-state index in [0.29, 0.717) is 11.0 Å². The van der Waals surface area contributed by atoms with Gasteiger partial charge in [0, 0.05) is 17.3 Å². The van der Waals surface area contributed by atoms with Gasteiger partial charge in [-0.1, -0.05) is 24.4 Å². The molecule has 1 aromatic rings. The Morgan fingerprint density at radius 3 is 2.73 bits per heavy atom. The minimum absolute atomic E-state index is 0.459. The van der Waals surface area contributed by atoms with E-state index >= 15 is 0 Å². The van der Waals surface area contributed by atoms with Gasteiger partial charge in [-0.2, -0.15) is 0 Å². The number of anilines is 1. The van der Waals surface area contributed by atoms with Gasteiger partial charge in [0.15, 0.2) is 0 Å². The van der Waals surface area contributed by atoms with Gasteiger partial charge >= 0.3 is 0 Å². The predicted molar refractivity (Wildman–Crippen MR) is 68.1 cm³/mol. The van der Waals surface area contributed by atoms with Crippen LogP contribution < -0.4 is 11.1 Å². The second kappa shape index (κ2) is 4.19. The van der Waals surface area contributed by atoms with Crippen molar-refractivity contribution in [2.24, 2.45) is 11.7 Å². The highest BCUT2D eigenvalue weighted by Gasteiger charge is 2.28. The molecular weight excluding hydrogens is 204 g/mol. The molecule has 2 rings (SSSR count). The molecule has 1 aromatic carbocycles. The highest BCUT2D eigenvalue weighted by Crippen LogP contribution is 2.34. The van der Waals surface area contributed by atoms with Gasteiger partial charge in [0.1, 0.15) is 4.99 Å². The van der Waals surface area contributed by atoms with Crippen molar-refractivity contribution in [2.75, 3.05) is 5.32 Å². The molecule has 1 atom stereocenters. The fourth-order valence-electron chi connectivity index (χ4n) is 1.78. The number of hydrogen-bond acceptors (Lipinski definition) is 2. The second-order valence-electron chi connectivity index (χ2n) is 4.18. The average molecular weight is 220 g/mol. The standard InChI is InChI=1S/C12H16N2S/c1-8(9-6-7-9)14-11-5-3-2-4-10(11)12(13)15/h2-5,8-9,14H,6-7H2,1H3,(H2,13,15). The maximum absolute atomic E-state index is 5.67. The fraction of sp³-hybridized carbons (Fsp3) is 0.417. The molecule has 1 unspecified atom stereocenters. The molecule has 1 aliphatic rings. The van der Waals surface area contributed by atoms with Gasteiger partial charge in [-0.15, -0.1) is 0 Å². The molecule has 1 fully saturated rings. The van der Waals surface area contributed by atoms with Gasteiger partial charge in [0.25, 0.3) is 0 Å². The molecular formula is C12H16N2S. The van der Waals surface area contributed by atoms with E-state index < -0.39 is 0 Å². The lowest BCUT2D eigenvalue weighted by Crippen LogP contribution is -2.20. The number of thiocarbonyl (C=S) groups is 1. The fourth-order valence-corrected chi connectivity index (χ4v) is 1.96. The van der Waals surface area contributed by atoms with Gasteiger partial charge in [0.2, 0.25) is 0 Å². The summed E-state index contributed by atoms with van der Waals surface area (Å²) < 4.78 is 0. The van der Waals surface area contributed by atoms with E-state index in [1.165, 1.54) is 12.8 Å². The van der Waals surface area contributed by atoms with Crippen LogP contribution in [0.15, 0.2) is 24.3 Å². The summed E-state index contributed by atoms with van der Waals surface area (Å²) in [6, 6.07) is 8.48. The second-order valence-corrected chi connectivity index (χ2v) is 4.62. The van der Waals surface area contributed by atoms with Crippen molar-refractivity contribution in [1.82, 2.24) is 0 Å². The van der Waals surface area contributed by atoms with Crippen LogP contribution in [0.2, 0.25) is 0 Å². The summed E-state index contributed by atoms with van der Waals surface area (Å²) in [4.78, 5) is 0.459. The first-order valence-corrected chi connectivity index (χ1v) is 5.74. The average Bonchev–Trinajstić information content (AvgIpc) is 3.01. The van der Waals surface area contributed by atoms with Crippen molar-refractivity contribution >= 4 is 22.9 Å². The summed E-state index contributed by atoms with van der Waals surface area (Å²) >= 11 is 5.02. The van der Waals surface area contributed by atoms with Crippen LogP contribution >= 0.6 is 12.2 Å². The number of benzene rings is 1. The first-order chi connectivity index (χ1) is 7.18. The maximum Gasteiger partial charge on any atom is 0.106 e. The van der Waals surface area contributed by atoms with Crippen LogP contribution in [-0.2, 0) is 0 Å². The third-order valence-corrected chi connectivity index (χ3v) is 3.12. The van der Waals surface area contributed by atoms with Crippen LogP contribution in [0.4, 0.5) is 5.69 Å². The van der Waals surface area contributed by atoms with E-state index in [2.05, 4.69) is 12.2 Å². The normalized spacial score (nSPS) is 17.1. The Balaban J connectivity index is 2.15. The van der Waals surface area contributed by atoms with Crippen LogP contribution in [0.1, 0.15) is 25.3 Å². The Bertz CT molecular complexity index is 372. The summed E-state index contributed by atoms with van der Waals surface area (Å²) in [6.07, 6.45) is 2.67. The third kappa shape index (κ3) is 2.48. The highest BCUT2D eigenvalue weighted by atomic mass is 32.1. The van der Waals surface area contributed by atoms with Crippen molar-refractivity contribution in [2.45, 2.75) is 25.8 Å². The van der Waals surface area contributed by atoms with E-state index in [1.54, 1.807) is 0 Å². The minimum atomic E-state index is 0.459. The van der Waals surface area contributed by atoms with Gasteiger partial charge in [-0.05, 0) is 37.8 Å². The van der Waals surface area contributed by atoms with E-state index in [1.807, 2.05) is 24.3 Å². The predicted octanol–water partition coefficient (Wildman–Crippen LogP) is 2.53. The van der Waals surface area contributed by atoms with Gasteiger partial charge in [0.05, 0.1) is 0 Å². The Morgan fingerprint density at radius 1 is 1.47 bits per heavy atom. The Labute approximate surface area is 95.9 Å². The van der Waals surface area contributed by atoms with Gasteiger partial charge < -0.3 is 11.1 Å². The van der Waals surface area contributed by atoms with E-state index in [-0.39, 0.29) is 0 Å². The Kier molecular flexibility index (Phi) is 2.91.